The molecule has 0 radical (unpaired) electrons. The van der Waals surface area contributed by atoms with E-state index in [1.54, 1.807) is 42.5 Å². The average molecular weight is 568 g/mol. The molecule has 2 amide bonds. The predicted octanol–water partition coefficient (Wildman–Crippen LogP) is 5.82. The van der Waals surface area contributed by atoms with Gasteiger partial charge >= 0.3 is 5.97 Å². The van der Waals surface area contributed by atoms with Crippen molar-refractivity contribution in [3.8, 4) is 17.2 Å². The second-order valence-corrected chi connectivity index (χ2v) is 10.4. The molecule has 216 valence electrons. The van der Waals surface area contributed by atoms with Crippen LogP contribution in [0.15, 0.2) is 91.1 Å². The van der Waals surface area contributed by atoms with E-state index in [-0.39, 0.29) is 41.6 Å². The molecule has 4 aromatic rings. The van der Waals surface area contributed by atoms with Crippen molar-refractivity contribution in [1.29, 1.82) is 0 Å². The number of benzene rings is 3. The van der Waals surface area contributed by atoms with E-state index in [0.29, 0.717) is 17.2 Å². The Labute approximate surface area is 244 Å². The smallest absolute Gasteiger partial charge is 0.337 e. The fraction of sp³-hybridized carbons (Fsp3) is 0.242. The minimum Gasteiger partial charge on any atom is -0.490 e. The topological polar surface area (TPSA) is 119 Å². The standard InChI is InChI=1S/C33H33N3O6/c1-36-20-4-7-30(36)32(38)34-23-10-14-25(15-11-23)42-27-18-16-26(17-19-27)41-24-12-8-22(9-13-24)21-31(37)35-29-6-3-2-5-28(29)33(39)40/h2-9,12-13,16-20,23,25H,10-11,14-15,21H2,1H3,(H,34,38)(H,35,37)(H,39,40). The lowest BCUT2D eigenvalue weighted by Crippen LogP contribution is -2.40. The number of aryl methyl sites for hydroxylation is 1. The molecule has 42 heavy (non-hydrogen) atoms. The number of nitrogens with one attached hydrogen (secondary N) is 2. The third-order valence-corrected chi connectivity index (χ3v) is 7.27. The molecule has 5 rings (SSSR count). The summed E-state index contributed by atoms with van der Waals surface area (Å²) in [6.45, 7) is 0. The Morgan fingerprint density at radius 1 is 0.833 bits per heavy atom. The summed E-state index contributed by atoms with van der Waals surface area (Å²) in [5.41, 5.74) is 1.74. The first kappa shape index (κ1) is 28.5. The minimum absolute atomic E-state index is 0.0401. The molecule has 0 atom stereocenters. The fourth-order valence-electron chi connectivity index (χ4n) is 5.03. The number of carboxylic acids is 1. The highest BCUT2D eigenvalue weighted by Gasteiger charge is 2.24. The third kappa shape index (κ3) is 7.37. The van der Waals surface area contributed by atoms with Gasteiger partial charge in [-0.25, -0.2) is 4.79 Å². The zero-order chi connectivity index (χ0) is 29.5. The average Bonchev–Trinajstić information content (AvgIpc) is 3.42. The SMILES string of the molecule is Cn1cccc1C(=O)NC1CCC(Oc2ccc(Oc3ccc(CC(=O)Nc4ccccc4C(=O)O)cc3)cc2)CC1. The van der Waals surface area contributed by atoms with Gasteiger partial charge in [-0.1, -0.05) is 24.3 Å². The molecule has 0 aliphatic heterocycles. The Hall–Kier alpha value is -5.05. The van der Waals surface area contributed by atoms with Crippen molar-refractivity contribution in [3.63, 3.8) is 0 Å². The molecule has 1 heterocycles. The van der Waals surface area contributed by atoms with E-state index in [4.69, 9.17) is 9.47 Å². The number of para-hydroxylation sites is 1. The number of hydrogen-bond donors (Lipinski definition) is 3. The summed E-state index contributed by atoms with van der Waals surface area (Å²) in [7, 11) is 1.86. The van der Waals surface area contributed by atoms with Crippen LogP contribution in [0.4, 0.5) is 5.69 Å². The van der Waals surface area contributed by atoms with Crippen molar-refractivity contribution in [2.24, 2.45) is 7.05 Å². The Morgan fingerprint density at radius 2 is 1.48 bits per heavy atom. The lowest BCUT2D eigenvalue weighted by atomic mass is 9.93. The number of aromatic nitrogens is 1. The van der Waals surface area contributed by atoms with Crippen LogP contribution in [-0.4, -0.2) is 39.6 Å². The summed E-state index contributed by atoms with van der Waals surface area (Å²) in [4.78, 5) is 36.3. The number of aromatic carboxylic acids is 1. The number of carbonyl (C=O) groups excluding carboxylic acids is 2. The number of ether oxygens (including phenoxy) is 2. The van der Waals surface area contributed by atoms with Gasteiger partial charge < -0.3 is 29.8 Å². The number of anilines is 1. The first-order chi connectivity index (χ1) is 20.3. The van der Waals surface area contributed by atoms with Crippen LogP contribution in [0.1, 0.15) is 52.1 Å². The molecule has 0 bridgehead atoms. The molecular weight excluding hydrogens is 534 g/mol. The lowest BCUT2D eigenvalue weighted by Gasteiger charge is -2.29. The molecule has 0 saturated heterocycles. The normalized spacial score (nSPS) is 16.3. The number of nitrogens with zero attached hydrogens (tertiary/aromatic N) is 1. The lowest BCUT2D eigenvalue weighted by molar-refractivity contribution is -0.115. The van der Waals surface area contributed by atoms with Gasteiger partial charge in [0.05, 0.1) is 23.8 Å². The molecule has 9 heteroatoms. The van der Waals surface area contributed by atoms with Crippen LogP contribution >= 0.6 is 0 Å². The monoisotopic (exact) mass is 567 g/mol. The van der Waals surface area contributed by atoms with Crippen molar-refractivity contribution in [1.82, 2.24) is 9.88 Å². The fourth-order valence-corrected chi connectivity index (χ4v) is 5.03. The van der Waals surface area contributed by atoms with Gasteiger partial charge in [0.1, 0.15) is 22.9 Å². The predicted molar refractivity (Wildman–Crippen MR) is 158 cm³/mol. The van der Waals surface area contributed by atoms with Gasteiger partial charge in [-0.2, -0.15) is 0 Å². The highest BCUT2D eigenvalue weighted by molar-refractivity contribution is 6.01. The Kier molecular flexibility index (Phi) is 8.87. The van der Waals surface area contributed by atoms with Gasteiger partial charge in [-0.05, 0) is 91.9 Å². The van der Waals surface area contributed by atoms with Crippen molar-refractivity contribution >= 4 is 23.5 Å². The largest absolute Gasteiger partial charge is 0.490 e. The van der Waals surface area contributed by atoms with E-state index in [1.165, 1.54) is 6.07 Å². The molecule has 0 unspecified atom stereocenters. The Morgan fingerprint density at radius 3 is 2.12 bits per heavy atom. The molecule has 1 aromatic heterocycles. The summed E-state index contributed by atoms with van der Waals surface area (Å²) in [5, 5.41) is 15.1. The van der Waals surface area contributed by atoms with Crippen LogP contribution in [0, 0.1) is 0 Å². The van der Waals surface area contributed by atoms with Gasteiger partial charge in [0.25, 0.3) is 5.91 Å². The molecule has 3 N–H and O–H groups in total. The molecule has 1 aliphatic carbocycles. The number of carboxylic acid groups (broad SMARTS) is 1. The summed E-state index contributed by atoms with van der Waals surface area (Å²) in [6, 6.07) is 24.8. The van der Waals surface area contributed by atoms with Crippen molar-refractivity contribution < 1.29 is 29.0 Å². The van der Waals surface area contributed by atoms with Gasteiger partial charge in [-0.15, -0.1) is 0 Å². The number of rotatable bonds is 10. The Balaban J connectivity index is 1.06. The van der Waals surface area contributed by atoms with E-state index >= 15 is 0 Å². The molecular formula is C33H33N3O6. The van der Waals surface area contributed by atoms with Crippen molar-refractivity contribution in [3.05, 3.63) is 108 Å². The Bertz CT molecular complexity index is 1540. The first-order valence-corrected chi connectivity index (χ1v) is 13.9. The summed E-state index contributed by atoms with van der Waals surface area (Å²) in [6.07, 6.45) is 5.54. The second-order valence-electron chi connectivity index (χ2n) is 10.4. The summed E-state index contributed by atoms with van der Waals surface area (Å²) >= 11 is 0. The first-order valence-electron chi connectivity index (χ1n) is 13.9. The van der Waals surface area contributed by atoms with Gasteiger partial charge in [0.2, 0.25) is 5.91 Å². The molecule has 1 aliphatic rings. The van der Waals surface area contributed by atoms with Crippen molar-refractivity contribution in [2.45, 2.75) is 44.2 Å². The quantitative estimate of drug-likeness (QED) is 0.222. The molecule has 1 fully saturated rings. The van der Waals surface area contributed by atoms with E-state index < -0.39 is 5.97 Å². The van der Waals surface area contributed by atoms with Gasteiger partial charge in [0.15, 0.2) is 0 Å². The summed E-state index contributed by atoms with van der Waals surface area (Å²) in [5.74, 6) is 0.607. The van der Waals surface area contributed by atoms with E-state index in [9.17, 15) is 19.5 Å². The van der Waals surface area contributed by atoms with Crippen LogP contribution < -0.4 is 20.1 Å². The van der Waals surface area contributed by atoms with E-state index in [1.807, 2.05) is 54.2 Å². The van der Waals surface area contributed by atoms with Crippen LogP contribution in [-0.2, 0) is 18.3 Å². The zero-order valence-corrected chi connectivity index (χ0v) is 23.3. The second kappa shape index (κ2) is 13.1. The maximum Gasteiger partial charge on any atom is 0.337 e. The van der Waals surface area contributed by atoms with Crippen molar-refractivity contribution in [2.75, 3.05) is 5.32 Å². The van der Waals surface area contributed by atoms with Crippen LogP contribution in [0.3, 0.4) is 0 Å². The molecule has 3 aromatic carbocycles. The molecule has 9 nitrogen and oxygen atoms in total. The highest BCUT2D eigenvalue weighted by Crippen LogP contribution is 2.28. The summed E-state index contributed by atoms with van der Waals surface area (Å²) < 4.78 is 13.9. The number of amides is 2. The zero-order valence-electron chi connectivity index (χ0n) is 23.3. The van der Waals surface area contributed by atoms with Gasteiger partial charge in [-0.3, -0.25) is 9.59 Å². The minimum atomic E-state index is -1.10. The van der Waals surface area contributed by atoms with Crippen LogP contribution in [0.25, 0.3) is 0 Å². The van der Waals surface area contributed by atoms with Crippen LogP contribution in [0.2, 0.25) is 0 Å². The van der Waals surface area contributed by atoms with E-state index in [2.05, 4.69) is 10.6 Å². The highest BCUT2D eigenvalue weighted by atomic mass is 16.5. The molecule has 0 spiro atoms. The number of hydrogen-bond acceptors (Lipinski definition) is 5. The molecule has 1 saturated carbocycles. The maximum absolute atomic E-state index is 12.5. The van der Waals surface area contributed by atoms with E-state index in [0.717, 1.165) is 37.0 Å². The number of carbonyl (C=O) groups is 3. The maximum atomic E-state index is 12.5. The third-order valence-electron chi connectivity index (χ3n) is 7.27. The van der Waals surface area contributed by atoms with Crippen LogP contribution in [0.5, 0.6) is 17.2 Å². The van der Waals surface area contributed by atoms with Gasteiger partial charge in [0, 0.05) is 19.3 Å².